The van der Waals surface area contributed by atoms with Crippen LogP contribution in [0.4, 0.5) is 5.69 Å². The van der Waals surface area contributed by atoms with E-state index in [1.807, 2.05) is 19.9 Å². The molecular formula is C26H35Cl2N3O4S. The number of rotatable bonds is 11. The average molecular weight is 557 g/mol. The third-order valence-corrected chi connectivity index (χ3v) is 7.97. The van der Waals surface area contributed by atoms with Gasteiger partial charge in [-0.1, -0.05) is 61.3 Å². The molecule has 2 aromatic rings. The highest BCUT2D eigenvalue weighted by Gasteiger charge is 2.33. The Morgan fingerprint density at radius 3 is 1.97 bits per heavy atom. The number of benzene rings is 2. The number of nitrogens with one attached hydrogen (secondary N) is 1. The third kappa shape index (κ3) is 7.37. The number of anilines is 1. The second kappa shape index (κ2) is 12.8. The first kappa shape index (κ1) is 29.9. The van der Waals surface area contributed by atoms with E-state index in [0.29, 0.717) is 27.7 Å². The van der Waals surface area contributed by atoms with E-state index in [1.54, 1.807) is 51.1 Å². The number of sulfonamides is 1. The summed E-state index contributed by atoms with van der Waals surface area (Å²) in [5.41, 5.74) is 2.37. The molecule has 0 heterocycles. The number of hydrogen-bond donors (Lipinski definition) is 1. The van der Waals surface area contributed by atoms with Gasteiger partial charge in [0.25, 0.3) is 0 Å². The van der Waals surface area contributed by atoms with E-state index in [-0.39, 0.29) is 18.5 Å². The van der Waals surface area contributed by atoms with Crippen molar-refractivity contribution in [2.24, 2.45) is 0 Å². The smallest absolute Gasteiger partial charge is 0.244 e. The molecule has 10 heteroatoms. The minimum atomic E-state index is -3.82. The summed E-state index contributed by atoms with van der Waals surface area (Å²) in [6.07, 6.45) is 2.10. The number of carbonyl (C=O) groups is 2. The van der Waals surface area contributed by atoms with Crippen LogP contribution >= 0.6 is 23.2 Å². The monoisotopic (exact) mass is 555 g/mol. The topological polar surface area (TPSA) is 86.8 Å². The Hall–Kier alpha value is -2.29. The fraction of sp³-hybridized carbons (Fsp3) is 0.462. The summed E-state index contributed by atoms with van der Waals surface area (Å²) in [7, 11) is -3.82. The third-order valence-electron chi connectivity index (χ3n) is 6.15. The van der Waals surface area contributed by atoms with Gasteiger partial charge in [0.15, 0.2) is 0 Å². The fourth-order valence-corrected chi connectivity index (χ4v) is 5.47. The zero-order valence-electron chi connectivity index (χ0n) is 21.6. The molecule has 0 aliphatic heterocycles. The second-order valence-electron chi connectivity index (χ2n) is 8.97. The van der Waals surface area contributed by atoms with Gasteiger partial charge in [0.1, 0.15) is 12.6 Å². The number of halogens is 2. The molecule has 0 aromatic heterocycles. The van der Waals surface area contributed by atoms with Gasteiger partial charge < -0.3 is 10.2 Å². The number of hydrogen-bond acceptors (Lipinski definition) is 4. The lowest BCUT2D eigenvalue weighted by Gasteiger charge is -2.34. The minimum absolute atomic E-state index is 0.0475. The summed E-state index contributed by atoms with van der Waals surface area (Å²) in [4.78, 5) is 28.4. The fourth-order valence-electron chi connectivity index (χ4n) is 3.99. The predicted octanol–water partition coefficient (Wildman–Crippen LogP) is 5.10. The van der Waals surface area contributed by atoms with E-state index in [2.05, 4.69) is 5.32 Å². The molecule has 0 aliphatic carbocycles. The van der Waals surface area contributed by atoms with E-state index in [9.17, 15) is 18.0 Å². The van der Waals surface area contributed by atoms with Crippen LogP contribution in [0.5, 0.6) is 0 Å². The normalized spacial score (nSPS) is 13.1. The molecule has 2 atom stereocenters. The number of amides is 2. The molecular weight excluding hydrogens is 521 g/mol. The van der Waals surface area contributed by atoms with Gasteiger partial charge in [0, 0.05) is 28.2 Å². The molecule has 2 rings (SSSR count). The first-order valence-corrected chi connectivity index (χ1v) is 14.5. The summed E-state index contributed by atoms with van der Waals surface area (Å²) in [5.74, 6) is -0.855. The van der Waals surface area contributed by atoms with Crippen LogP contribution in [0, 0.1) is 13.8 Å². The number of para-hydroxylation sites is 1. The maximum absolute atomic E-state index is 13.8. The molecule has 0 radical (unpaired) electrons. The van der Waals surface area contributed by atoms with Crippen LogP contribution in [0.15, 0.2) is 36.4 Å². The molecule has 2 aromatic carbocycles. The summed E-state index contributed by atoms with van der Waals surface area (Å²) in [5, 5.41) is 3.64. The highest BCUT2D eigenvalue weighted by Crippen LogP contribution is 2.29. The van der Waals surface area contributed by atoms with Crippen LogP contribution in [-0.4, -0.2) is 50.0 Å². The maximum atomic E-state index is 13.8. The van der Waals surface area contributed by atoms with Crippen molar-refractivity contribution >= 4 is 50.7 Å². The molecule has 2 amide bonds. The molecule has 0 spiro atoms. The summed E-state index contributed by atoms with van der Waals surface area (Å²) < 4.78 is 26.8. The zero-order valence-corrected chi connectivity index (χ0v) is 24.0. The quantitative estimate of drug-likeness (QED) is 0.418. The lowest BCUT2D eigenvalue weighted by atomic mass is 10.1. The van der Waals surface area contributed by atoms with E-state index in [1.165, 1.54) is 4.90 Å². The van der Waals surface area contributed by atoms with Gasteiger partial charge in [-0.15, -0.1) is 0 Å². The highest BCUT2D eigenvalue weighted by atomic mass is 35.5. The Bertz CT molecular complexity index is 1160. The molecule has 0 bridgehead atoms. The Balaban J connectivity index is 2.56. The van der Waals surface area contributed by atoms with Crippen molar-refractivity contribution in [1.82, 2.24) is 10.2 Å². The molecule has 0 aliphatic rings. The van der Waals surface area contributed by atoms with Gasteiger partial charge in [-0.2, -0.15) is 0 Å². The van der Waals surface area contributed by atoms with Crippen molar-refractivity contribution in [1.29, 1.82) is 0 Å². The average Bonchev–Trinajstić information content (AvgIpc) is 2.79. The Morgan fingerprint density at radius 1 is 0.972 bits per heavy atom. The van der Waals surface area contributed by atoms with Crippen LogP contribution in [0.3, 0.4) is 0 Å². The first-order chi connectivity index (χ1) is 16.8. The Kier molecular flexibility index (Phi) is 10.6. The van der Waals surface area contributed by atoms with E-state index < -0.39 is 28.5 Å². The van der Waals surface area contributed by atoms with Gasteiger partial charge in [0.2, 0.25) is 21.8 Å². The van der Waals surface area contributed by atoms with Crippen molar-refractivity contribution in [3.8, 4) is 0 Å². The maximum Gasteiger partial charge on any atom is 0.244 e. The predicted molar refractivity (Wildman–Crippen MR) is 147 cm³/mol. The second-order valence-corrected chi connectivity index (χ2v) is 11.7. The van der Waals surface area contributed by atoms with Crippen LogP contribution < -0.4 is 9.62 Å². The van der Waals surface area contributed by atoms with Gasteiger partial charge in [-0.25, -0.2) is 8.42 Å². The van der Waals surface area contributed by atoms with Gasteiger partial charge >= 0.3 is 0 Å². The lowest BCUT2D eigenvalue weighted by Crippen LogP contribution is -2.53. The number of aryl methyl sites for hydroxylation is 2. The standard InChI is InChI=1S/C26H35Cl2N3O4S/c1-7-19(5)29-26(33)23(8-2)30(15-20-21(27)13-10-14-22(20)28)24(32)16-31(36(6,34)35)25-17(3)11-9-12-18(25)4/h9-14,19,23H,7-8,15-16H2,1-6H3,(H,29,33)/t19-,23+/m0/s1. The van der Waals surface area contributed by atoms with Crippen LogP contribution in [0.2, 0.25) is 10.0 Å². The van der Waals surface area contributed by atoms with Crippen molar-refractivity contribution in [2.75, 3.05) is 17.1 Å². The molecule has 198 valence electrons. The SMILES string of the molecule is CC[C@H](C(=O)N[C@@H](C)CC)N(Cc1c(Cl)cccc1Cl)C(=O)CN(c1c(C)cccc1C)S(C)(=O)=O. The molecule has 0 fully saturated rings. The Morgan fingerprint density at radius 2 is 1.50 bits per heavy atom. The van der Waals surface area contributed by atoms with Crippen LogP contribution in [0.25, 0.3) is 0 Å². The lowest BCUT2D eigenvalue weighted by molar-refractivity contribution is -0.140. The van der Waals surface area contributed by atoms with Gasteiger partial charge in [-0.3, -0.25) is 13.9 Å². The van der Waals surface area contributed by atoms with Crippen molar-refractivity contribution in [3.05, 3.63) is 63.1 Å². The van der Waals surface area contributed by atoms with E-state index in [4.69, 9.17) is 23.2 Å². The Labute approximate surface area is 224 Å². The van der Waals surface area contributed by atoms with Crippen molar-refractivity contribution in [3.63, 3.8) is 0 Å². The molecule has 0 saturated carbocycles. The van der Waals surface area contributed by atoms with Crippen molar-refractivity contribution < 1.29 is 18.0 Å². The summed E-state index contributed by atoms with van der Waals surface area (Å²) >= 11 is 12.8. The summed E-state index contributed by atoms with van der Waals surface area (Å²) in [6, 6.07) is 9.49. The molecule has 1 N–H and O–H groups in total. The minimum Gasteiger partial charge on any atom is -0.352 e. The zero-order chi connectivity index (χ0) is 27.2. The van der Waals surface area contributed by atoms with E-state index >= 15 is 0 Å². The number of nitrogens with zero attached hydrogens (tertiary/aromatic N) is 2. The van der Waals surface area contributed by atoms with Gasteiger partial charge in [-0.05, 0) is 56.9 Å². The molecule has 0 unspecified atom stereocenters. The van der Waals surface area contributed by atoms with Gasteiger partial charge in [0.05, 0.1) is 11.9 Å². The molecule has 7 nitrogen and oxygen atoms in total. The van der Waals surface area contributed by atoms with E-state index in [0.717, 1.165) is 28.1 Å². The first-order valence-electron chi connectivity index (χ1n) is 11.9. The number of carbonyl (C=O) groups excluding carboxylic acids is 2. The molecule has 0 saturated heterocycles. The molecule has 36 heavy (non-hydrogen) atoms. The largest absolute Gasteiger partial charge is 0.352 e. The van der Waals surface area contributed by atoms with Crippen LogP contribution in [-0.2, 0) is 26.2 Å². The highest BCUT2D eigenvalue weighted by molar-refractivity contribution is 7.92. The summed E-state index contributed by atoms with van der Waals surface area (Å²) in [6.45, 7) is 8.70. The van der Waals surface area contributed by atoms with Crippen molar-refractivity contribution in [2.45, 2.75) is 66.1 Å². The van der Waals surface area contributed by atoms with Crippen LogP contribution in [0.1, 0.15) is 50.3 Å².